The molecule has 0 aliphatic heterocycles. The van der Waals surface area contributed by atoms with E-state index < -0.39 is 17.5 Å². The summed E-state index contributed by atoms with van der Waals surface area (Å²) in [6.45, 7) is 0.189. The number of nitrogens with one attached hydrogen (secondary N) is 1. The van der Waals surface area contributed by atoms with E-state index in [9.17, 15) is 13.6 Å². The molecule has 0 unspecified atom stereocenters. The number of halogens is 2. The molecule has 2 rings (SSSR count). The van der Waals surface area contributed by atoms with E-state index in [-0.39, 0.29) is 17.8 Å². The first kappa shape index (κ1) is 12.9. The molecular weight excluding hydrogens is 256 g/mol. The first-order chi connectivity index (χ1) is 8.97. The highest BCUT2D eigenvalue weighted by Crippen LogP contribution is 2.19. The predicted molar refractivity (Wildman–Crippen MR) is 63.2 cm³/mol. The molecule has 1 aromatic heterocycles. The van der Waals surface area contributed by atoms with Gasteiger partial charge in [0.1, 0.15) is 17.3 Å². The SMILES string of the molecule is Cn1cc(CNc2cc(C(N)=O)c(F)cc2F)nn1. The fourth-order valence-electron chi connectivity index (χ4n) is 1.54. The highest BCUT2D eigenvalue weighted by molar-refractivity contribution is 5.94. The second-order valence-corrected chi connectivity index (χ2v) is 3.91. The van der Waals surface area contributed by atoms with Gasteiger partial charge in [-0.05, 0) is 6.07 Å². The van der Waals surface area contributed by atoms with Crippen LogP contribution in [0.3, 0.4) is 0 Å². The molecule has 0 aliphatic carbocycles. The summed E-state index contributed by atoms with van der Waals surface area (Å²) in [5.74, 6) is -2.76. The Morgan fingerprint density at radius 2 is 2.16 bits per heavy atom. The number of aromatic nitrogens is 3. The molecule has 0 spiro atoms. The van der Waals surface area contributed by atoms with E-state index in [0.717, 1.165) is 6.07 Å². The third-order valence-electron chi connectivity index (χ3n) is 2.43. The van der Waals surface area contributed by atoms with Gasteiger partial charge in [-0.25, -0.2) is 8.78 Å². The molecule has 0 aliphatic rings. The zero-order valence-electron chi connectivity index (χ0n) is 10.0. The minimum absolute atomic E-state index is 0.0270. The third kappa shape index (κ3) is 2.84. The monoisotopic (exact) mass is 267 g/mol. The number of anilines is 1. The summed E-state index contributed by atoms with van der Waals surface area (Å²) in [6.07, 6.45) is 1.64. The van der Waals surface area contributed by atoms with Crippen LogP contribution in [0.4, 0.5) is 14.5 Å². The third-order valence-corrected chi connectivity index (χ3v) is 2.43. The van der Waals surface area contributed by atoms with Gasteiger partial charge in [-0.15, -0.1) is 5.10 Å². The minimum atomic E-state index is -0.991. The second-order valence-electron chi connectivity index (χ2n) is 3.91. The van der Waals surface area contributed by atoms with Crippen LogP contribution in [0.5, 0.6) is 0 Å². The van der Waals surface area contributed by atoms with Gasteiger partial charge in [-0.3, -0.25) is 9.48 Å². The quantitative estimate of drug-likeness (QED) is 0.858. The summed E-state index contributed by atoms with van der Waals surface area (Å²) >= 11 is 0. The van der Waals surface area contributed by atoms with Crippen LogP contribution in [0.1, 0.15) is 16.1 Å². The van der Waals surface area contributed by atoms with Gasteiger partial charge < -0.3 is 11.1 Å². The van der Waals surface area contributed by atoms with E-state index in [1.165, 1.54) is 4.68 Å². The van der Waals surface area contributed by atoms with Crippen LogP contribution in [-0.4, -0.2) is 20.9 Å². The zero-order chi connectivity index (χ0) is 14.0. The van der Waals surface area contributed by atoms with Crippen molar-refractivity contribution in [3.63, 3.8) is 0 Å². The predicted octanol–water partition coefficient (Wildman–Crippen LogP) is 0.804. The molecule has 0 atom stereocenters. The summed E-state index contributed by atoms with van der Waals surface area (Å²) in [6, 6.07) is 1.64. The van der Waals surface area contributed by atoms with Crippen molar-refractivity contribution in [1.82, 2.24) is 15.0 Å². The molecule has 8 heteroatoms. The molecule has 0 saturated carbocycles. The van der Waals surface area contributed by atoms with E-state index >= 15 is 0 Å². The average molecular weight is 267 g/mol. The van der Waals surface area contributed by atoms with Crippen molar-refractivity contribution >= 4 is 11.6 Å². The Balaban J connectivity index is 2.20. The zero-order valence-corrected chi connectivity index (χ0v) is 10.0. The van der Waals surface area contributed by atoms with Crippen molar-refractivity contribution in [2.24, 2.45) is 12.8 Å². The highest BCUT2D eigenvalue weighted by Gasteiger charge is 2.13. The van der Waals surface area contributed by atoms with Crippen molar-refractivity contribution < 1.29 is 13.6 Å². The maximum Gasteiger partial charge on any atom is 0.251 e. The molecular formula is C11H11F2N5O. The van der Waals surface area contributed by atoms with Crippen LogP contribution < -0.4 is 11.1 Å². The number of nitrogens with zero attached hydrogens (tertiary/aromatic N) is 3. The van der Waals surface area contributed by atoms with E-state index in [0.29, 0.717) is 11.8 Å². The van der Waals surface area contributed by atoms with Crippen molar-refractivity contribution in [2.75, 3.05) is 5.32 Å². The molecule has 0 bridgehead atoms. The smallest absolute Gasteiger partial charge is 0.251 e. The van der Waals surface area contributed by atoms with Gasteiger partial charge in [-0.2, -0.15) is 0 Å². The average Bonchev–Trinajstić information content (AvgIpc) is 2.73. The van der Waals surface area contributed by atoms with Crippen molar-refractivity contribution in [3.8, 4) is 0 Å². The Morgan fingerprint density at radius 1 is 1.42 bits per heavy atom. The Morgan fingerprint density at radius 3 is 2.74 bits per heavy atom. The molecule has 6 nitrogen and oxygen atoms in total. The minimum Gasteiger partial charge on any atom is -0.377 e. The lowest BCUT2D eigenvalue weighted by atomic mass is 10.1. The molecule has 2 aromatic rings. The number of aryl methyl sites for hydroxylation is 1. The van der Waals surface area contributed by atoms with Crippen LogP contribution in [0, 0.1) is 11.6 Å². The lowest BCUT2D eigenvalue weighted by Crippen LogP contribution is -2.14. The first-order valence-electron chi connectivity index (χ1n) is 5.35. The number of rotatable bonds is 4. The first-order valence-corrected chi connectivity index (χ1v) is 5.35. The topological polar surface area (TPSA) is 85.8 Å². The van der Waals surface area contributed by atoms with E-state index in [1.54, 1.807) is 13.2 Å². The summed E-state index contributed by atoms with van der Waals surface area (Å²) in [5.41, 5.74) is 5.17. The fourth-order valence-corrected chi connectivity index (χ4v) is 1.54. The molecule has 1 amide bonds. The molecule has 19 heavy (non-hydrogen) atoms. The van der Waals surface area contributed by atoms with Gasteiger partial charge in [-0.1, -0.05) is 5.21 Å². The number of primary amides is 1. The van der Waals surface area contributed by atoms with Gasteiger partial charge in [0.05, 0.1) is 17.8 Å². The number of amides is 1. The fraction of sp³-hybridized carbons (Fsp3) is 0.182. The summed E-state index contributed by atoms with van der Waals surface area (Å²) in [5, 5.41) is 10.2. The number of carbonyl (C=O) groups is 1. The Kier molecular flexibility index (Phi) is 3.41. The number of nitrogens with two attached hydrogens (primary N) is 1. The van der Waals surface area contributed by atoms with Crippen LogP contribution in [0.2, 0.25) is 0 Å². The Bertz CT molecular complexity index is 626. The van der Waals surface area contributed by atoms with E-state index in [4.69, 9.17) is 5.73 Å². The second kappa shape index (κ2) is 5.01. The molecule has 100 valence electrons. The number of hydrogen-bond donors (Lipinski definition) is 2. The Hall–Kier alpha value is -2.51. The van der Waals surface area contributed by atoms with Crippen LogP contribution >= 0.6 is 0 Å². The molecule has 1 heterocycles. The van der Waals surface area contributed by atoms with Gasteiger partial charge >= 0.3 is 0 Å². The van der Waals surface area contributed by atoms with Crippen molar-refractivity contribution in [2.45, 2.75) is 6.54 Å². The van der Waals surface area contributed by atoms with Gasteiger partial charge in [0, 0.05) is 19.3 Å². The number of benzene rings is 1. The molecule has 0 saturated heterocycles. The van der Waals surface area contributed by atoms with Crippen molar-refractivity contribution in [3.05, 3.63) is 41.2 Å². The molecule has 0 radical (unpaired) electrons. The van der Waals surface area contributed by atoms with Crippen LogP contribution in [0.25, 0.3) is 0 Å². The van der Waals surface area contributed by atoms with Gasteiger partial charge in [0.25, 0.3) is 5.91 Å². The largest absolute Gasteiger partial charge is 0.377 e. The standard InChI is InChI=1S/C11H11F2N5O/c1-18-5-6(16-17-18)4-15-10-2-7(11(14)19)8(12)3-9(10)13/h2-3,5,15H,4H2,1H3,(H2,14,19). The maximum atomic E-state index is 13.5. The summed E-state index contributed by atoms with van der Waals surface area (Å²) in [7, 11) is 1.69. The normalized spacial score (nSPS) is 10.5. The van der Waals surface area contributed by atoms with E-state index in [2.05, 4.69) is 15.6 Å². The summed E-state index contributed by atoms with van der Waals surface area (Å²) < 4.78 is 28.3. The van der Waals surface area contributed by atoms with Crippen molar-refractivity contribution in [1.29, 1.82) is 0 Å². The molecule has 0 fully saturated rings. The van der Waals surface area contributed by atoms with Crippen LogP contribution in [0.15, 0.2) is 18.3 Å². The van der Waals surface area contributed by atoms with Gasteiger partial charge in [0.15, 0.2) is 0 Å². The lowest BCUT2D eigenvalue weighted by Gasteiger charge is -2.08. The molecule has 1 aromatic carbocycles. The van der Waals surface area contributed by atoms with E-state index in [1.807, 2.05) is 0 Å². The lowest BCUT2D eigenvalue weighted by molar-refractivity contribution is 0.0996. The molecule has 3 N–H and O–H groups in total. The Labute approximate surface area is 107 Å². The summed E-state index contributed by atoms with van der Waals surface area (Å²) in [4.78, 5) is 11.0. The maximum absolute atomic E-state index is 13.5. The highest BCUT2D eigenvalue weighted by atomic mass is 19.1. The van der Waals surface area contributed by atoms with Crippen LogP contribution in [-0.2, 0) is 13.6 Å². The van der Waals surface area contributed by atoms with Gasteiger partial charge in [0.2, 0.25) is 0 Å². The number of carbonyl (C=O) groups excluding carboxylic acids is 1. The number of hydrogen-bond acceptors (Lipinski definition) is 4.